The van der Waals surface area contributed by atoms with Crippen LogP contribution in [0.1, 0.15) is 21.5 Å². The number of carbonyl (C=O) groups excluding carboxylic acids is 1. The Hall–Kier alpha value is -1.32. The Morgan fingerprint density at radius 3 is 2.84 bits per heavy atom. The molecule has 2 aromatic carbocycles. The minimum atomic E-state index is 0.0351. The molecule has 0 saturated carbocycles. The van der Waals surface area contributed by atoms with E-state index >= 15 is 0 Å². The van der Waals surface area contributed by atoms with Crippen LogP contribution in [0.5, 0.6) is 0 Å². The molecule has 2 aromatic rings. The maximum atomic E-state index is 12.4. The number of benzene rings is 2. The van der Waals surface area contributed by atoms with E-state index in [0.29, 0.717) is 11.6 Å². The highest BCUT2D eigenvalue weighted by Crippen LogP contribution is 2.34. The smallest absolute Gasteiger partial charge is 0.258 e. The summed E-state index contributed by atoms with van der Waals surface area (Å²) in [6.45, 7) is 2.58. The van der Waals surface area contributed by atoms with E-state index in [2.05, 4.69) is 15.9 Å². The molecule has 0 N–H and O–H groups in total. The van der Waals surface area contributed by atoms with Crippen molar-refractivity contribution in [2.75, 3.05) is 4.90 Å². The summed E-state index contributed by atoms with van der Waals surface area (Å²) in [6, 6.07) is 11.3. The third-order valence-corrected chi connectivity index (χ3v) is 4.50. The molecule has 19 heavy (non-hydrogen) atoms. The van der Waals surface area contributed by atoms with Gasteiger partial charge in [0.25, 0.3) is 5.91 Å². The quantitative estimate of drug-likeness (QED) is 0.747. The molecule has 0 saturated heterocycles. The van der Waals surface area contributed by atoms with E-state index in [1.165, 1.54) is 0 Å². The van der Waals surface area contributed by atoms with Crippen molar-refractivity contribution in [1.29, 1.82) is 0 Å². The Balaban J connectivity index is 2.06. The fourth-order valence-corrected chi connectivity index (χ4v) is 2.92. The van der Waals surface area contributed by atoms with E-state index in [9.17, 15) is 4.79 Å². The Labute approximate surface area is 125 Å². The Morgan fingerprint density at radius 1 is 1.26 bits per heavy atom. The van der Waals surface area contributed by atoms with Gasteiger partial charge in [0.1, 0.15) is 0 Å². The number of hydrogen-bond acceptors (Lipinski definition) is 1. The van der Waals surface area contributed by atoms with Gasteiger partial charge in [-0.2, -0.15) is 0 Å². The summed E-state index contributed by atoms with van der Waals surface area (Å²) in [5.41, 5.74) is 3.72. The van der Waals surface area contributed by atoms with Crippen molar-refractivity contribution in [1.82, 2.24) is 0 Å². The monoisotopic (exact) mass is 335 g/mol. The fourth-order valence-electron chi connectivity index (χ4n) is 2.37. The molecule has 3 rings (SSSR count). The largest absolute Gasteiger partial charge is 0.304 e. The van der Waals surface area contributed by atoms with Crippen molar-refractivity contribution < 1.29 is 4.79 Å². The SMILES string of the molecule is Cc1c(Br)cccc1N1Cc2cc(Cl)ccc2C1=O. The molecular weight excluding hydrogens is 326 g/mol. The van der Waals surface area contributed by atoms with Crippen LogP contribution in [0.3, 0.4) is 0 Å². The van der Waals surface area contributed by atoms with Crippen molar-refractivity contribution >= 4 is 39.1 Å². The molecule has 0 unspecified atom stereocenters. The lowest BCUT2D eigenvalue weighted by atomic mass is 10.1. The fraction of sp³-hybridized carbons (Fsp3) is 0.133. The van der Waals surface area contributed by atoms with Crippen LogP contribution in [0.4, 0.5) is 5.69 Å². The lowest BCUT2D eigenvalue weighted by Gasteiger charge is -2.19. The molecule has 1 aliphatic rings. The van der Waals surface area contributed by atoms with Gasteiger partial charge in [-0.25, -0.2) is 0 Å². The normalized spacial score (nSPS) is 13.8. The van der Waals surface area contributed by atoms with E-state index < -0.39 is 0 Å². The molecular formula is C15H11BrClNO. The zero-order chi connectivity index (χ0) is 13.6. The second-order valence-electron chi connectivity index (χ2n) is 4.58. The van der Waals surface area contributed by atoms with E-state index in [1.54, 1.807) is 17.0 Å². The second-order valence-corrected chi connectivity index (χ2v) is 5.87. The molecule has 0 atom stereocenters. The summed E-state index contributed by atoms with van der Waals surface area (Å²) in [5.74, 6) is 0.0351. The summed E-state index contributed by atoms with van der Waals surface area (Å²) in [6.07, 6.45) is 0. The maximum Gasteiger partial charge on any atom is 0.258 e. The van der Waals surface area contributed by atoms with Crippen LogP contribution in [0.15, 0.2) is 40.9 Å². The third-order valence-electron chi connectivity index (χ3n) is 3.40. The van der Waals surface area contributed by atoms with Crippen LogP contribution < -0.4 is 4.90 Å². The summed E-state index contributed by atoms with van der Waals surface area (Å²) in [5, 5.41) is 0.666. The molecule has 0 radical (unpaired) electrons. The first-order valence-electron chi connectivity index (χ1n) is 5.93. The average molecular weight is 337 g/mol. The summed E-state index contributed by atoms with van der Waals surface area (Å²) < 4.78 is 1.01. The molecule has 0 aliphatic carbocycles. The van der Waals surface area contributed by atoms with E-state index in [-0.39, 0.29) is 5.91 Å². The molecule has 1 amide bonds. The highest BCUT2D eigenvalue weighted by molar-refractivity contribution is 9.10. The van der Waals surface area contributed by atoms with Crippen molar-refractivity contribution in [3.8, 4) is 0 Å². The first kappa shape index (κ1) is 12.7. The van der Waals surface area contributed by atoms with Crippen molar-refractivity contribution in [3.63, 3.8) is 0 Å². The molecule has 96 valence electrons. The van der Waals surface area contributed by atoms with Gasteiger partial charge in [0.05, 0.1) is 6.54 Å². The van der Waals surface area contributed by atoms with Crippen LogP contribution in [0, 0.1) is 6.92 Å². The molecule has 1 aliphatic heterocycles. The van der Waals surface area contributed by atoms with Crippen LogP contribution in [-0.4, -0.2) is 5.91 Å². The van der Waals surface area contributed by atoms with Crippen molar-refractivity contribution in [2.24, 2.45) is 0 Å². The standard InChI is InChI=1S/C15H11BrClNO/c1-9-13(16)3-2-4-14(9)18-8-10-7-11(17)5-6-12(10)15(18)19/h2-7H,8H2,1H3. The lowest BCUT2D eigenvalue weighted by molar-refractivity contribution is 0.0996. The first-order chi connectivity index (χ1) is 9.08. The Morgan fingerprint density at radius 2 is 2.05 bits per heavy atom. The molecule has 4 heteroatoms. The molecule has 0 bridgehead atoms. The zero-order valence-corrected chi connectivity index (χ0v) is 12.6. The highest BCUT2D eigenvalue weighted by atomic mass is 79.9. The first-order valence-corrected chi connectivity index (χ1v) is 7.10. The number of anilines is 1. The van der Waals surface area contributed by atoms with Gasteiger partial charge in [0.15, 0.2) is 0 Å². The molecule has 0 fully saturated rings. The number of hydrogen-bond donors (Lipinski definition) is 0. The van der Waals surface area contributed by atoms with Gasteiger partial charge in [0, 0.05) is 20.7 Å². The van der Waals surface area contributed by atoms with Gasteiger partial charge in [0.2, 0.25) is 0 Å². The summed E-state index contributed by atoms with van der Waals surface area (Å²) >= 11 is 9.48. The van der Waals surface area contributed by atoms with Crippen LogP contribution in [0.25, 0.3) is 0 Å². The van der Waals surface area contributed by atoms with Gasteiger partial charge >= 0.3 is 0 Å². The Bertz CT molecular complexity index is 684. The highest BCUT2D eigenvalue weighted by Gasteiger charge is 2.29. The van der Waals surface area contributed by atoms with Gasteiger partial charge in [-0.15, -0.1) is 0 Å². The predicted octanol–water partition coefficient (Wildman–Crippen LogP) is 4.57. The molecule has 0 spiro atoms. The van der Waals surface area contributed by atoms with Crippen LogP contribution >= 0.6 is 27.5 Å². The van der Waals surface area contributed by atoms with Gasteiger partial charge < -0.3 is 4.90 Å². The summed E-state index contributed by atoms with van der Waals surface area (Å²) in [4.78, 5) is 14.2. The minimum Gasteiger partial charge on any atom is -0.304 e. The van der Waals surface area contributed by atoms with E-state index in [0.717, 1.165) is 26.9 Å². The third kappa shape index (κ3) is 2.07. The van der Waals surface area contributed by atoms with E-state index in [1.807, 2.05) is 31.2 Å². The number of carbonyl (C=O) groups is 1. The number of halogens is 2. The van der Waals surface area contributed by atoms with Crippen LogP contribution in [0.2, 0.25) is 5.02 Å². The maximum absolute atomic E-state index is 12.4. The van der Waals surface area contributed by atoms with Gasteiger partial charge in [-0.1, -0.05) is 33.6 Å². The van der Waals surface area contributed by atoms with Crippen molar-refractivity contribution in [3.05, 3.63) is 62.6 Å². The van der Waals surface area contributed by atoms with Crippen molar-refractivity contribution in [2.45, 2.75) is 13.5 Å². The van der Waals surface area contributed by atoms with E-state index in [4.69, 9.17) is 11.6 Å². The number of rotatable bonds is 1. The Kier molecular flexibility index (Phi) is 3.11. The molecule has 1 heterocycles. The zero-order valence-electron chi connectivity index (χ0n) is 10.3. The van der Waals surface area contributed by atoms with Gasteiger partial charge in [-0.05, 0) is 48.4 Å². The number of nitrogens with zero attached hydrogens (tertiary/aromatic N) is 1. The summed E-state index contributed by atoms with van der Waals surface area (Å²) in [7, 11) is 0. The number of fused-ring (bicyclic) bond motifs is 1. The topological polar surface area (TPSA) is 20.3 Å². The molecule has 0 aromatic heterocycles. The van der Waals surface area contributed by atoms with Crippen LogP contribution in [-0.2, 0) is 6.54 Å². The average Bonchev–Trinajstić information content (AvgIpc) is 2.69. The molecule has 2 nitrogen and oxygen atoms in total. The second kappa shape index (κ2) is 4.66. The van der Waals surface area contributed by atoms with Gasteiger partial charge in [-0.3, -0.25) is 4.79 Å². The lowest BCUT2D eigenvalue weighted by Crippen LogP contribution is -2.23. The number of amides is 1. The predicted molar refractivity (Wildman–Crippen MR) is 80.8 cm³/mol. The minimum absolute atomic E-state index is 0.0351.